The van der Waals surface area contributed by atoms with Gasteiger partial charge < -0.3 is 19.5 Å². The summed E-state index contributed by atoms with van der Waals surface area (Å²) in [6.45, 7) is 1.65. The van der Waals surface area contributed by atoms with Crippen LogP contribution >= 0.6 is 0 Å². The second kappa shape index (κ2) is 9.64. The van der Waals surface area contributed by atoms with Crippen LogP contribution in [-0.2, 0) is 14.8 Å². The number of hydrogen-bond donors (Lipinski definition) is 1. The van der Waals surface area contributed by atoms with Crippen LogP contribution in [0.5, 0.6) is 17.2 Å². The van der Waals surface area contributed by atoms with Crippen molar-refractivity contribution < 1.29 is 27.4 Å². The van der Waals surface area contributed by atoms with Crippen molar-refractivity contribution in [2.45, 2.75) is 24.0 Å². The topological polar surface area (TPSA) is 94.2 Å². The monoisotopic (exact) mass is 482 g/mol. The molecule has 0 spiro atoms. The Balaban J connectivity index is 1.61. The van der Waals surface area contributed by atoms with Crippen LogP contribution in [0.15, 0.2) is 77.7 Å². The van der Waals surface area contributed by atoms with Crippen LogP contribution in [0.4, 0.5) is 5.69 Å². The maximum atomic E-state index is 13.4. The molecule has 178 valence electrons. The van der Waals surface area contributed by atoms with Crippen LogP contribution < -0.4 is 23.8 Å². The Morgan fingerprint density at radius 3 is 2.44 bits per heavy atom. The van der Waals surface area contributed by atoms with Crippen LogP contribution in [0.2, 0.25) is 0 Å². The summed E-state index contributed by atoms with van der Waals surface area (Å²) in [5, 5.41) is 2.91. The Hall–Kier alpha value is -3.72. The first-order valence-corrected chi connectivity index (χ1v) is 12.1. The largest absolute Gasteiger partial charge is 0.497 e. The second-order valence-electron chi connectivity index (χ2n) is 7.76. The Labute approximate surface area is 199 Å². The maximum Gasteiger partial charge on any atom is 0.264 e. The molecule has 2 atom stereocenters. The molecule has 0 unspecified atom stereocenters. The molecule has 1 N–H and O–H groups in total. The van der Waals surface area contributed by atoms with Crippen LogP contribution in [0.1, 0.15) is 18.5 Å². The second-order valence-corrected chi connectivity index (χ2v) is 9.62. The SMILES string of the molecule is COc1ccc(OC)c([C@H](C)NC(=O)[C@H]2CN(S(=O)(=O)c3ccccc3)c3ccccc3O2)c1. The molecule has 0 bridgehead atoms. The molecule has 0 aromatic heterocycles. The highest BCUT2D eigenvalue weighted by Gasteiger charge is 2.37. The van der Waals surface area contributed by atoms with Gasteiger partial charge >= 0.3 is 0 Å². The molecule has 0 radical (unpaired) electrons. The molecule has 1 heterocycles. The van der Waals surface area contributed by atoms with Crippen LogP contribution in [-0.4, -0.2) is 41.2 Å². The number of nitrogens with zero attached hydrogens (tertiary/aromatic N) is 1. The number of fused-ring (bicyclic) bond motifs is 1. The summed E-state index contributed by atoms with van der Waals surface area (Å²) in [7, 11) is -0.797. The number of carbonyl (C=O) groups is 1. The third kappa shape index (κ3) is 4.51. The van der Waals surface area contributed by atoms with E-state index < -0.39 is 28.1 Å². The number of sulfonamides is 1. The number of ether oxygens (including phenoxy) is 3. The number of nitrogens with one attached hydrogen (secondary N) is 1. The Morgan fingerprint density at radius 2 is 1.74 bits per heavy atom. The fourth-order valence-corrected chi connectivity index (χ4v) is 5.34. The van der Waals surface area contributed by atoms with Crippen LogP contribution in [0.3, 0.4) is 0 Å². The number of benzene rings is 3. The van der Waals surface area contributed by atoms with E-state index in [0.717, 1.165) is 5.56 Å². The fraction of sp³-hybridized carbons (Fsp3) is 0.240. The van der Waals surface area contributed by atoms with Gasteiger partial charge in [-0.05, 0) is 49.4 Å². The first kappa shape index (κ1) is 23.4. The molecule has 1 amide bonds. The van der Waals surface area contributed by atoms with Gasteiger partial charge in [0.2, 0.25) is 0 Å². The summed E-state index contributed by atoms with van der Waals surface area (Å²) in [4.78, 5) is 13.4. The highest BCUT2D eigenvalue weighted by atomic mass is 32.2. The molecule has 4 rings (SSSR count). The Bertz CT molecular complexity index is 1280. The van der Waals surface area contributed by atoms with Crippen LogP contribution in [0, 0.1) is 0 Å². The van der Waals surface area contributed by atoms with Crippen molar-refractivity contribution in [3.05, 3.63) is 78.4 Å². The van der Waals surface area contributed by atoms with Gasteiger partial charge in [0.05, 0.1) is 37.4 Å². The lowest BCUT2D eigenvalue weighted by molar-refractivity contribution is -0.128. The minimum Gasteiger partial charge on any atom is -0.497 e. The lowest BCUT2D eigenvalue weighted by Crippen LogP contribution is -2.51. The van der Waals surface area contributed by atoms with Crippen molar-refractivity contribution in [2.75, 3.05) is 25.1 Å². The molecule has 8 nitrogen and oxygen atoms in total. The number of amides is 1. The third-order valence-corrected chi connectivity index (χ3v) is 7.41. The molecule has 0 aliphatic carbocycles. The average Bonchev–Trinajstić information content (AvgIpc) is 2.87. The number of anilines is 1. The zero-order valence-electron chi connectivity index (χ0n) is 19.1. The molecule has 34 heavy (non-hydrogen) atoms. The number of rotatable bonds is 7. The summed E-state index contributed by atoms with van der Waals surface area (Å²) in [6, 6.07) is 19.8. The molecular weight excluding hydrogens is 456 g/mol. The highest BCUT2D eigenvalue weighted by molar-refractivity contribution is 7.92. The van der Waals surface area contributed by atoms with Crippen molar-refractivity contribution >= 4 is 21.6 Å². The number of para-hydroxylation sites is 2. The molecule has 0 fully saturated rings. The molecule has 1 aliphatic heterocycles. The van der Waals surface area contributed by atoms with Gasteiger partial charge in [-0.25, -0.2) is 8.42 Å². The molecule has 0 saturated heterocycles. The van der Waals surface area contributed by atoms with E-state index >= 15 is 0 Å². The number of hydrogen-bond acceptors (Lipinski definition) is 6. The highest BCUT2D eigenvalue weighted by Crippen LogP contribution is 2.37. The van der Waals surface area contributed by atoms with Gasteiger partial charge in [-0.1, -0.05) is 30.3 Å². The molecular formula is C25H26N2O6S. The molecule has 3 aromatic rings. The van der Waals surface area contributed by atoms with Crippen molar-refractivity contribution in [3.8, 4) is 17.2 Å². The minimum absolute atomic E-state index is 0.139. The van der Waals surface area contributed by atoms with E-state index in [-0.39, 0.29) is 11.4 Å². The zero-order valence-corrected chi connectivity index (χ0v) is 19.9. The van der Waals surface area contributed by atoms with Gasteiger partial charge in [-0.15, -0.1) is 0 Å². The molecule has 0 saturated carbocycles. The van der Waals surface area contributed by atoms with Gasteiger partial charge in [0, 0.05) is 5.56 Å². The standard InChI is InChI=1S/C25H26N2O6S/c1-17(20-15-18(31-2)13-14-22(20)32-3)26-25(28)24-16-27(21-11-7-8-12-23(21)33-24)34(29,30)19-9-5-4-6-10-19/h4-15,17,24H,16H2,1-3H3,(H,26,28)/t17-,24+/m0/s1. The number of methoxy groups -OCH3 is 2. The third-order valence-electron chi connectivity index (χ3n) is 5.62. The summed E-state index contributed by atoms with van der Waals surface area (Å²) >= 11 is 0. The quantitative estimate of drug-likeness (QED) is 0.554. The summed E-state index contributed by atoms with van der Waals surface area (Å²) in [5.74, 6) is 1.09. The molecule has 9 heteroatoms. The molecule has 1 aliphatic rings. The minimum atomic E-state index is -3.91. The van der Waals surface area contributed by atoms with E-state index in [2.05, 4.69) is 5.32 Å². The number of carbonyl (C=O) groups excluding carboxylic acids is 1. The first-order chi connectivity index (χ1) is 16.3. The van der Waals surface area contributed by atoms with Crippen molar-refractivity contribution in [1.29, 1.82) is 0 Å². The first-order valence-electron chi connectivity index (χ1n) is 10.7. The molecule has 3 aromatic carbocycles. The summed E-state index contributed by atoms with van der Waals surface area (Å²) < 4.78 is 44.7. The fourth-order valence-electron chi connectivity index (χ4n) is 3.85. The lowest BCUT2D eigenvalue weighted by Gasteiger charge is -2.35. The van der Waals surface area contributed by atoms with E-state index in [1.165, 1.54) is 16.4 Å². The predicted octanol–water partition coefficient (Wildman–Crippen LogP) is 3.54. The van der Waals surface area contributed by atoms with Gasteiger partial charge in [-0.3, -0.25) is 9.10 Å². The van der Waals surface area contributed by atoms with E-state index in [9.17, 15) is 13.2 Å². The zero-order chi connectivity index (χ0) is 24.3. The van der Waals surface area contributed by atoms with Gasteiger partial charge in [0.15, 0.2) is 6.10 Å². The van der Waals surface area contributed by atoms with Crippen LogP contribution in [0.25, 0.3) is 0 Å². The van der Waals surface area contributed by atoms with E-state index in [1.54, 1.807) is 74.9 Å². The van der Waals surface area contributed by atoms with E-state index in [4.69, 9.17) is 14.2 Å². The van der Waals surface area contributed by atoms with Gasteiger partial charge in [0.25, 0.3) is 15.9 Å². The van der Waals surface area contributed by atoms with E-state index in [0.29, 0.717) is 22.9 Å². The Kier molecular flexibility index (Phi) is 6.65. The summed E-state index contributed by atoms with van der Waals surface area (Å²) in [5.41, 5.74) is 1.11. The van der Waals surface area contributed by atoms with Gasteiger partial charge in [0.1, 0.15) is 17.2 Å². The predicted molar refractivity (Wildman–Crippen MR) is 128 cm³/mol. The van der Waals surface area contributed by atoms with Crippen molar-refractivity contribution in [1.82, 2.24) is 5.32 Å². The maximum absolute atomic E-state index is 13.4. The summed E-state index contributed by atoms with van der Waals surface area (Å²) in [6.07, 6.45) is -1.05. The normalized spacial score (nSPS) is 16.1. The van der Waals surface area contributed by atoms with Crippen molar-refractivity contribution in [3.63, 3.8) is 0 Å². The van der Waals surface area contributed by atoms with Crippen molar-refractivity contribution in [2.24, 2.45) is 0 Å². The average molecular weight is 483 g/mol. The van der Waals surface area contributed by atoms with E-state index in [1.807, 2.05) is 6.92 Å². The Morgan fingerprint density at radius 1 is 1.03 bits per heavy atom. The van der Waals surface area contributed by atoms with Gasteiger partial charge in [-0.2, -0.15) is 0 Å². The lowest BCUT2D eigenvalue weighted by atomic mass is 10.1. The smallest absolute Gasteiger partial charge is 0.264 e.